The van der Waals surface area contributed by atoms with Crippen molar-refractivity contribution in [1.29, 1.82) is 0 Å². The van der Waals surface area contributed by atoms with Crippen LogP contribution in [0, 0.1) is 5.82 Å². The molecule has 5 heteroatoms. The van der Waals surface area contributed by atoms with E-state index in [0.717, 1.165) is 22.0 Å². The first kappa shape index (κ1) is 14.3. The fraction of sp³-hybridized carbons (Fsp3) is 0.118. The summed E-state index contributed by atoms with van der Waals surface area (Å²) >= 11 is 0. The maximum atomic E-state index is 12.9. The minimum Gasteiger partial charge on any atom is -0.477 e. The quantitative estimate of drug-likeness (QED) is 0.677. The molecule has 0 radical (unpaired) electrons. The van der Waals surface area contributed by atoms with Crippen LogP contribution in [0.15, 0.2) is 48.5 Å². The van der Waals surface area contributed by atoms with Crippen molar-refractivity contribution in [1.82, 2.24) is 10.3 Å². The molecule has 0 fully saturated rings. The normalized spacial score (nSPS) is 11.0. The molecule has 4 nitrogen and oxygen atoms in total. The number of rotatable bonds is 5. The Labute approximate surface area is 126 Å². The van der Waals surface area contributed by atoms with Gasteiger partial charge in [0.15, 0.2) is 0 Å². The first-order chi connectivity index (χ1) is 10.6. The van der Waals surface area contributed by atoms with E-state index in [-0.39, 0.29) is 11.5 Å². The maximum absolute atomic E-state index is 12.9. The van der Waals surface area contributed by atoms with Crippen LogP contribution in [0.1, 0.15) is 21.6 Å². The Morgan fingerprint density at radius 1 is 1.09 bits per heavy atom. The van der Waals surface area contributed by atoms with Crippen molar-refractivity contribution in [2.75, 3.05) is 0 Å². The second kappa shape index (κ2) is 5.99. The lowest BCUT2D eigenvalue weighted by atomic mass is 10.1. The van der Waals surface area contributed by atoms with Gasteiger partial charge in [0.25, 0.3) is 0 Å². The number of carboxylic acid groups (broad SMARTS) is 1. The summed E-state index contributed by atoms with van der Waals surface area (Å²) in [4.78, 5) is 14.3. The Morgan fingerprint density at radius 2 is 1.82 bits per heavy atom. The van der Waals surface area contributed by atoms with Crippen LogP contribution in [0.4, 0.5) is 4.39 Å². The fourth-order valence-corrected chi connectivity index (χ4v) is 2.50. The highest BCUT2D eigenvalue weighted by Crippen LogP contribution is 2.22. The predicted molar refractivity (Wildman–Crippen MR) is 82.2 cm³/mol. The van der Waals surface area contributed by atoms with Gasteiger partial charge in [-0.25, -0.2) is 9.18 Å². The summed E-state index contributed by atoms with van der Waals surface area (Å²) in [7, 11) is 0. The third-order valence-corrected chi connectivity index (χ3v) is 3.57. The lowest BCUT2D eigenvalue weighted by Gasteiger charge is -2.06. The number of hydrogen-bond acceptors (Lipinski definition) is 2. The molecule has 2 aromatic carbocycles. The molecule has 0 saturated carbocycles. The van der Waals surface area contributed by atoms with E-state index in [0.29, 0.717) is 13.1 Å². The Morgan fingerprint density at radius 3 is 2.55 bits per heavy atom. The summed E-state index contributed by atoms with van der Waals surface area (Å²) in [6.45, 7) is 0.960. The summed E-state index contributed by atoms with van der Waals surface area (Å²) in [5, 5.41) is 13.4. The number of H-pyrrole nitrogens is 1. The number of nitrogens with one attached hydrogen (secondary N) is 2. The van der Waals surface area contributed by atoms with Crippen LogP contribution in [0.5, 0.6) is 0 Å². The highest BCUT2D eigenvalue weighted by molar-refractivity contribution is 5.97. The van der Waals surface area contributed by atoms with Crippen molar-refractivity contribution < 1.29 is 14.3 Å². The number of carboxylic acids is 1. The standard InChI is InChI=1S/C17H15FN2O2/c18-12-7-5-11(6-8-12)9-19-10-14-13-3-1-2-4-15(13)20-16(14)17(21)22/h1-8,19-20H,9-10H2,(H,21,22). The number of benzene rings is 2. The molecule has 0 atom stereocenters. The van der Waals surface area contributed by atoms with E-state index in [4.69, 9.17) is 0 Å². The van der Waals surface area contributed by atoms with Crippen molar-refractivity contribution in [2.24, 2.45) is 0 Å². The number of carbonyl (C=O) groups is 1. The summed E-state index contributed by atoms with van der Waals surface area (Å²) < 4.78 is 12.9. The van der Waals surface area contributed by atoms with Crippen LogP contribution < -0.4 is 5.32 Å². The topological polar surface area (TPSA) is 65.1 Å². The van der Waals surface area contributed by atoms with Gasteiger partial charge in [0.2, 0.25) is 0 Å². The molecule has 1 heterocycles. The van der Waals surface area contributed by atoms with Gasteiger partial charge in [0.05, 0.1) is 0 Å². The Hall–Kier alpha value is -2.66. The highest BCUT2D eigenvalue weighted by atomic mass is 19.1. The molecule has 3 aromatic rings. The second-order valence-corrected chi connectivity index (χ2v) is 5.06. The maximum Gasteiger partial charge on any atom is 0.352 e. The smallest absolute Gasteiger partial charge is 0.352 e. The molecule has 0 unspecified atom stereocenters. The summed E-state index contributed by atoms with van der Waals surface area (Å²) in [5.41, 5.74) is 2.68. The number of aromatic amines is 1. The summed E-state index contributed by atoms with van der Waals surface area (Å²) in [6.07, 6.45) is 0. The molecule has 0 bridgehead atoms. The van der Waals surface area contributed by atoms with Crippen LogP contribution in [0.3, 0.4) is 0 Å². The van der Waals surface area contributed by atoms with E-state index >= 15 is 0 Å². The molecular weight excluding hydrogens is 283 g/mol. The van der Waals surface area contributed by atoms with E-state index in [1.165, 1.54) is 12.1 Å². The van der Waals surface area contributed by atoms with Crippen LogP contribution in [0.2, 0.25) is 0 Å². The first-order valence-corrected chi connectivity index (χ1v) is 6.93. The predicted octanol–water partition coefficient (Wildman–Crippen LogP) is 3.30. The Bertz CT molecular complexity index is 809. The molecule has 3 N–H and O–H groups in total. The first-order valence-electron chi connectivity index (χ1n) is 6.93. The van der Waals surface area contributed by atoms with Gasteiger partial charge in [-0.05, 0) is 23.8 Å². The van der Waals surface area contributed by atoms with Gasteiger partial charge in [0.1, 0.15) is 11.5 Å². The van der Waals surface area contributed by atoms with E-state index in [9.17, 15) is 14.3 Å². The SMILES string of the molecule is O=C(O)c1[nH]c2ccccc2c1CNCc1ccc(F)cc1. The zero-order valence-corrected chi connectivity index (χ0v) is 11.8. The number of aromatic nitrogens is 1. The van der Waals surface area contributed by atoms with Gasteiger partial charge in [-0.15, -0.1) is 0 Å². The minimum absolute atomic E-state index is 0.202. The number of para-hydroxylation sites is 1. The molecule has 0 aliphatic carbocycles. The van der Waals surface area contributed by atoms with Gasteiger partial charge in [-0.1, -0.05) is 30.3 Å². The average Bonchev–Trinajstić information content (AvgIpc) is 2.89. The molecule has 112 valence electrons. The number of fused-ring (bicyclic) bond motifs is 1. The lowest BCUT2D eigenvalue weighted by Crippen LogP contribution is -2.15. The van der Waals surface area contributed by atoms with Gasteiger partial charge < -0.3 is 15.4 Å². The molecule has 0 saturated heterocycles. The third kappa shape index (κ3) is 2.84. The Kier molecular flexibility index (Phi) is 3.89. The van der Waals surface area contributed by atoms with E-state index < -0.39 is 5.97 Å². The number of halogens is 1. The van der Waals surface area contributed by atoms with Crippen LogP contribution in [0.25, 0.3) is 10.9 Å². The van der Waals surface area contributed by atoms with Crippen molar-refractivity contribution in [3.05, 3.63) is 71.2 Å². The molecule has 0 aliphatic heterocycles. The van der Waals surface area contributed by atoms with Gasteiger partial charge in [0, 0.05) is 29.6 Å². The van der Waals surface area contributed by atoms with Crippen LogP contribution in [-0.2, 0) is 13.1 Å². The fourth-order valence-electron chi connectivity index (χ4n) is 2.50. The van der Waals surface area contributed by atoms with Gasteiger partial charge in [-0.2, -0.15) is 0 Å². The van der Waals surface area contributed by atoms with E-state index in [1.807, 2.05) is 24.3 Å². The number of aromatic carboxylic acids is 1. The molecule has 3 rings (SSSR count). The van der Waals surface area contributed by atoms with Gasteiger partial charge >= 0.3 is 5.97 Å². The monoisotopic (exact) mass is 298 g/mol. The zero-order valence-electron chi connectivity index (χ0n) is 11.8. The molecule has 1 aromatic heterocycles. The number of hydrogen-bond donors (Lipinski definition) is 3. The minimum atomic E-state index is -0.977. The second-order valence-electron chi connectivity index (χ2n) is 5.06. The van der Waals surface area contributed by atoms with Crippen LogP contribution in [-0.4, -0.2) is 16.1 Å². The van der Waals surface area contributed by atoms with Crippen molar-refractivity contribution >= 4 is 16.9 Å². The Balaban J connectivity index is 1.79. The average molecular weight is 298 g/mol. The molecule has 0 aliphatic rings. The van der Waals surface area contributed by atoms with Crippen LogP contribution >= 0.6 is 0 Å². The lowest BCUT2D eigenvalue weighted by molar-refractivity contribution is 0.0690. The van der Waals surface area contributed by atoms with Crippen molar-refractivity contribution in [3.8, 4) is 0 Å². The zero-order chi connectivity index (χ0) is 15.5. The molecule has 22 heavy (non-hydrogen) atoms. The van der Waals surface area contributed by atoms with E-state index in [1.54, 1.807) is 12.1 Å². The largest absolute Gasteiger partial charge is 0.477 e. The molecule has 0 amide bonds. The summed E-state index contributed by atoms with van der Waals surface area (Å²) in [5.74, 6) is -1.25. The van der Waals surface area contributed by atoms with Gasteiger partial charge in [-0.3, -0.25) is 0 Å². The summed E-state index contributed by atoms with van der Waals surface area (Å²) in [6, 6.07) is 13.7. The third-order valence-electron chi connectivity index (χ3n) is 3.57. The van der Waals surface area contributed by atoms with Crippen molar-refractivity contribution in [2.45, 2.75) is 13.1 Å². The molecular formula is C17H15FN2O2. The van der Waals surface area contributed by atoms with Crippen molar-refractivity contribution in [3.63, 3.8) is 0 Å². The van der Waals surface area contributed by atoms with E-state index in [2.05, 4.69) is 10.3 Å². The molecule has 0 spiro atoms. The highest BCUT2D eigenvalue weighted by Gasteiger charge is 2.16.